The Labute approximate surface area is 77.1 Å². The maximum absolute atomic E-state index is 2.62. The van der Waals surface area contributed by atoms with Crippen LogP contribution in [0.5, 0.6) is 0 Å². The Morgan fingerprint density at radius 1 is 1.25 bits per heavy atom. The molecular formula is C11H23N. The van der Waals surface area contributed by atoms with E-state index in [4.69, 9.17) is 0 Å². The van der Waals surface area contributed by atoms with Gasteiger partial charge in [0.1, 0.15) is 0 Å². The van der Waals surface area contributed by atoms with Crippen LogP contribution in [0.25, 0.3) is 0 Å². The molecule has 0 atom stereocenters. The molecule has 1 saturated carbocycles. The van der Waals surface area contributed by atoms with Gasteiger partial charge >= 0.3 is 0 Å². The molecule has 1 aliphatic carbocycles. The van der Waals surface area contributed by atoms with Gasteiger partial charge in [0.15, 0.2) is 0 Å². The fourth-order valence-electron chi connectivity index (χ4n) is 1.80. The van der Waals surface area contributed by atoms with Crippen LogP contribution < -0.4 is 0 Å². The molecule has 0 radical (unpaired) electrons. The quantitative estimate of drug-likeness (QED) is 0.591. The van der Waals surface area contributed by atoms with Gasteiger partial charge in [0.05, 0.1) is 0 Å². The van der Waals surface area contributed by atoms with Crippen LogP contribution in [-0.4, -0.2) is 24.5 Å². The fraction of sp³-hybridized carbons (Fsp3) is 1.00. The summed E-state index contributed by atoms with van der Waals surface area (Å²) in [6.07, 6.45) is 7.17. The summed E-state index contributed by atoms with van der Waals surface area (Å²) in [5.74, 6) is 1.04. The first-order valence-electron chi connectivity index (χ1n) is 5.59. The number of unbranched alkanes of at least 4 members (excludes halogenated alkanes) is 1. The van der Waals surface area contributed by atoms with Crippen molar-refractivity contribution in [2.75, 3.05) is 19.6 Å². The topological polar surface area (TPSA) is 3.24 Å². The SMILES string of the molecule is CCCCN(CC)CC1CCC1. The molecule has 1 heteroatoms. The Bertz CT molecular complexity index is 108. The molecule has 0 aromatic heterocycles. The van der Waals surface area contributed by atoms with Crippen molar-refractivity contribution in [1.29, 1.82) is 0 Å². The van der Waals surface area contributed by atoms with Gasteiger partial charge in [-0.3, -0.25) is 0 Å². The number of hydrogen-bond acceptors (Lipinski definition) is 1. The standard InChI is InChI=1S/C11H23N/c1-3-5-9-12(4-2)10-11-7-6-8-11/h11H,3-10H2,1-2H3. The summed E-state index contributed by atoms with van der Waals surface area (Å²) < 4.78 is 0. The highest BCUT2D eigenvalue weighted by Crippen LogP contribution is 2.26. The summed E-state index contributed by atoms with van der Waals surface area (Å²) in [7, 11) is 0. The summed E-state index contributed by atoms with van der Waals surface area (Å²) >= 11 is 0. The molecule has 0 spiro atoms. The largest absolute Gasteiger partial charge is 0.303 e. The van der Waals surface area contributed by atoms with Crippen molar-refractivity contribution < 1.29 is 0 Å². The Morgan fingerprint density at radius 2 is 2.00 bits per heavy atom. The zero-order valence-electron chi connectivity index (χ0n) is 8.68. The van der Waals surface area contributed by atoms with Crippen LogP contribution in [0.3, 0.4) is 0 Å². The van der Waals surface area contributed by atoms with Crippen molar-refractivity contribution in [2.45, 2.75) is 46.0 Å². The lowest BCUT2D eigenvalue weighted by molar-refractivity contribution is 0.182. The maximum atomic E-state index is 2.62. The third kappa shape index (κ3) is 3.14. The van der Waals surface area contributed by atoms with E-state index in [2.05, 4.69) is 18.7 Å². The van der Waals surface area contributed by atoms with Crippen LogP contribution in [0, 0.1) is 5.92 Å². The fourth-order valence-corrected chi connectivity index (χ4v) is 1.80. The van der Waals surface area contributed by atoms with Gasteiger partial charge in [-0.25, -0.2) is 0 Å². The second-order valence-electron chi connectivity index (χ2n) is 4.04. The highest BCUT2D eigenvalue weighted by atomic mass is 15.1. The van der Waals surface area contributed by atoms with Crippen molar-refractivity contribution in [3.8, 4) is 0 Å². The summed E-state index contributed by atoms with van der Waals surface area (Å²) in [5.41, 5.74) is 0. The first-order valence-corrected chi connectivity index (χ1v) is 5.59. The van der Waals surface area contributed by atoms with Gasteiger partial charge in [-0.2, -0.15) is 0 Å². The molecule has 1 fully saturated rings. The van der Waals surface area contributed by atoms with E-state index in [9.17, 15) is 0 Å². The van der Waals surface area contributed by atoms with Crippen LogP contribution in [0.4, 0.5) is 0 Å². The van der Waals surface area contributed by atoms with Gasteiger partial charge in [0, 0.05) is 6.54 Å². The highest BCUT2D eigenvalue weighted by molar-refractivity contribution is 4.73. The van der Waals surface area contributed by atoms with E-state index in [1.165, 1.54) is 51.7 Å². The van der Waals surface area contributed by atoms with E-state index in [0.29, 0.717) is 0 Å². The zero-order valence-corrected chi connectivity index (χ0v) is 8.68. The molecular weight excluding hydrogens is 146 g/mol. The van der Waals surface area contributed by atoms with E-state index < -0.39 is 0 Å². The predicted octanol–water partition coefficient (Wildman–Crippen LogP) is 2.91. The molecule has 0 amide bonds. The molecule has 0 unspecified atom stereocenters. The Kier molecular flexibility index (Phi) is 4.67. The molecule has 0 aliphatic heterocycles. The lowest BCUT2D eigenvalue weighted by atomic mass is 9.85. The molecule has 1 aliphatic rings. The summed E-state index contributed by atoms with van der Waals surface area (Å²) in [5, 5.41) is 0. The molecule has 0 heterocycles. The van der Waals surface area contributed by atoms with Crippen molar-refractivity contribution in [3.05, 3.63) is 0 Å². The molecule has 12 heavy (non-hydrogen) atoms. The molecule has 0 bridgehead atoms. The van der Waals surface area contributed by atoms with E-state index in [1.54, 1.807) is 0 Å². The summed E-state index contributed by atoms with van der Waals surface area (Å²) in [4.78, 5) is 2.62. The molecule has 0 N–H and O–H groups in total. The van der Waals surface area contributed by atoms with E-state index in [0.717, 1.165) is 5.92 Å². The van der Waals surface area contributed by atoms with Crippen LogP contribution >= 0.6 is 0 Å². The first kappa shape index (κ1) is 10.0. The Morgan fingerprint density at radius 3 is 2.42 bits per heavy atom. The van der Waals surface area contributed by atoms with Crippen LogP contribution in [-0.2, 0) is 0 Å². The highest BCUT2D eigenvalue weighted by Gasteiger charge is 2.19. The van der Waals surface area contributed by atoms with Gasteiger partial charge < -0.3 is 4.90 Å². The van der Waals surface area contributed by atoms with Gasteiger partial charge in [-0.15, -0.1) is 0 Å². The number of rotatable bonds is 6. The normalized spacial score (nSPS) is 18.2. The third-order valence-electron chi connectivity index (χ3n) is 3.02. The van der Waals surface area contributed by atoms with Crippen molar-refractivity contribution in [1.82, 2.24) is 4.90 Å². The average molecular weight is 169 g/mol. The molecule has 0 saturated heterocycles. The molecule has 72 valence electrons. The van der Waals surface area contributed by atoms with E-state index >= 15 is 0 Å². The smallest absolute Gasteiger partial charge is 0.000954 e. The van der Waals surface area contributed by atoms with Gasteiger partial charge in [0.2, 0.25) is 0 Å². The zero-order chi connectivity index (χ0) is 8.81. The molecule has 1 nitrogen and oxygen atoms in total. The Balaban J connectivity index is 2.06. The van der Waals surface area contributed by atoms with E-state index in [-0.39, 0.29) is 0 Å². The summed E-state index contributed by atoms with van der Waals surface area (Å²) in [6.45, 7) is 8.50. The lowest BCUT2D eigenvalue weighted by Crippen LogP contribution is -2.33. The van der Waals surface area contributed by atoms with Crippen molar-refractivity contribution >= 4 is 0 Å². The molecule has 0 aromatic carbocycles. The monoisotopic (exact) mass is 169 g/mol. The summed E-state index contributed by atoms with van der Waals surface area (Å²) in [6, 6.07) is 0. The van der Waals surface area contributed by atoms with Crippen molar-refractivity contribution in [2.24, 2.45) is 5.92 Å². The second kappa shape index (κ2) is 5.58. The number of hydrogen-bond donors (Lipinski definition) is 0. The maximum Gasteiger partial charge on any atom is 0.000954 e. The van der Waals surface area contributed by atoms with Crippen LogP contribution in [0.15, 0.2) is 0 Å². The van der Waals surface area contributed by atoms with Crippen molar-refractivity contribution in [3.63, 3.8) is 0 Å². The number of nitrogens with zero attached hydrogens (tertiary/aromatic N) is 1. The van der Waals surface area contributed by atoms with Gasteiger partial charge in [-0.05, 0) is 38.3 Å². The van der Waals surface area contributed by atoms with E-state index in [1.807, 2.05) is 0 Å². The van der Waals surface area contributed by atoms with Gasteiger partial charge in [0.25, 0.3) is 0 Å². The third-order valence-corrected chi connectivity index (χ3v) is 3.02. The van der Waals surface area contributed by atoms with Crippen LogP contribution in [0.1, 0.15) is 46.0 Å². The molecule has 0 aromatic rings. The van der Waals surface area contributed by atoms with Gasteiger partial charge in [-0.1, -0.05) is 26.7 Å². The molecule has 1 rings (SSSR count). The lowest BCUT2D eigenvalue weighted by Gasteiger charge is -2.31. The minimum Gasteiger partial charge on any atom is -0.303 e. The Hall–Kier alpha value is -0.0400. The minimum absolute atomic E-state index is 1.04. The van der Waals surface area contributed by atoms with Crippen LogP contribution in [0.2, 0.25) is 0 Å². The average Bonchev–Trinajstić information content (AvgIpc) is 2.02. The second-order valence-corrected chi connectivity index (χ2v) is 4.04. The minimum atomic E-state index is 1.04. The first-order chi connectivity index (χ1) is 5.86. The predicted molar refractivity (Wildman–Crippen MR) is 54.4 cm³/mol.